The molecule has 13 heavy (non-hydrogen) atoms. The molecule has 1 aromatic rings. The predicted molar refractivity (Wildman–Crippen MR) is 50.9 cm³/mol. The van der Waals surface area contributed by atoms with Crippen molar-refractivity contribution in [1.29, 1.82) is 0 Å². The molecule has 1 saturated heterocycles. The highest BCUT2D eigenvalue weighted by Crippen LogP contribution is 2.31. The number of rotatable bonds is 1. The quantitative estimate of drug-likeness (QED) is 0.747. The lowest BCUT2D eigenvalue weighted by atomic mass is 9.91. The first-order valence-corrected chi connectivity index (χ1v) is 4.56. The zero-order valence-electron chi connectivity index (χ0n) is 7.38. The molecular weight excluding hydrogens is 188 g/mol. The van der Waals surface area contributed by atoms with Gasteiger partial charge in [0.1, 0.15) is 5.60 Å². The number of halogens is 1. The molecule has 0 radical (unpaired) electrons. The van der Waals surface area contributed by atoms with Gasteiger partial charge in [0, 0.05) is 5.02 Å². The Hall–Kier alpha value is -0.570. The Kier molecular flexibility index (Phi) is 2.06. The molecule has 70 valence electrons. The van der Waals surface area contributed by atoms with Crippen LogP contribution in [0.2, 0.25) is 5.02 Å². The van der Waals surface area contributed by atoms with Gasteiger partial charge >= 0.3 is 0 Å². The zero-order valence-corrected chi connectivity index (χ0v) is 8.14. The van der Waals surface area contributed by atoms with Crippen LogP contribution in [0, 0.1) is 6.92 Å². The topological polar surface area (TPSA) is 29.5 Å². The van der Waals surface area contributed by atoms with E-state index in [9.17, 15) is 5.11 Å². The van der Waals surface area contributed by atoms with E-state index in [2.05, 4.69) is 0 Å². The fourth-order valence-electron chi connectivity index (χ4n) is 1.34. The molecule has 0 atom stereocenters. The number of hydrogen-bond acceptors (Lipinski definition) is 2. The number of benzene rings is 1. The summed E-state index contributed by atoms with van der Waals surface area (Å²) in [6.07, 6.45) is 0. The van der Waals surface area contributed by atoms with E-state index in [4.69, 9.17) is 16.3 Å². The molecule has 1 aliphatic heterocycles. The second-order valence-electron chi connectivity index (χ2n) is 3.49. The van der Waals surface area contributed by atoms with E-state index in [1.807, 2.05) is 19.1 Å². The van der Waals surface area contributed by atoms with E-state index >= 15 is 0 Å². The van der Waals surface area contributed by atoms with E-state index in [1.54, 1.807) is 6.07 Å². The van der Waals surface area contributed by atoms with Crippen molar-refractivity contribution in [3.8, 4) is 0 Å². The molecule has 1 aliphatic rings. The van der Waals surface area contributed by atoms with Crippen molar-refractivity contribution in [2.24, 2.45) is 0 Å². The summed E-state index contributed by atoms with van der Waals surface area (Å²) < 4.78 is 4.97. The molecule has 3 heteroatoms. The minimum atomic E-state index is -0.808. The van der Waals surface area contributed by atoms with Crippen LogP contribution in [-0.4, -0.2) is 18.3 Å². The minimum Gasteiger partial charge on any atom is -0.380 e. The summed E-state index contributed by atoms with van der Waals surface area (Å²) in [4.78, 5) is 0. The van der Waals surface area contributed by atoms with Gasteiger partial charge < -0.3 is 9.84 Å². The van der Waals surface area contributed by atoms with E-state index in [0.717, 1.165) is 11.1 Å². The van der Waals surface area contributed by atoms with Gasteiger partial charge in [-0.25, -0.2) is 0 Å². The van der Waals surface area contributed by atoms with Gasteiger partial charge in [0.25, 0.3) is 0 Å². The third-order valence-corrected chi connectivity index (χ3v) is 2.80. The van der Waals surface area contributed by atoms with Crippen LogP contribution in [0.15, 0.2) is 18.2 Å². The Bertz CT molecular complexity index is 332. The fraction of sp³-hybridized carbons (Fsp3) is 0.400. The number of hydrogen-bond donors (Lipinski definition) is 1. The first-order valence-electron chi connectivity index (χ1n) is 4.19. The first-order chi connectivity index (χ1) is 6.12. The van der Waals surface area contributed by atoms with Crippen molar-refractivity contribution in [2.45, 2.75) is 12.5 Å². The van der Waals surface area contributed by atoms with Crippen LogP contribution in [0.4, 0.5) is 0 Å². The Morgan fingerprint density at radius 1 is 1.46 bits per heavy atom. The average Bonchev–Trinajstić information content (AvgIpc) is 2.06. The molecule has 1 heterocycles. The Morgan fingerprint density at radius 2 is 2.15 bits per heavy atom. The lowest BCUT2D eigenvalue weighted by Crippen LogP contribution is -2.46. The summed E-state index contributed by atoms with van der Waals surface area (Å²) in [5, 5.41) is 10.6. The average molecular weight is 199 g/mol. The van der Waals surface area contributed by atoms with Crippen LogP contribution in [0.3, 0.4) is 0 Å². The monoisotopic (exact) mass is 198 g/mol. The van der Waals surface area contributed by atoms with Crippen molar-refractivity contribution < 1.29 is 9.84 Å². The van der Waals surface area contributed by atoms with Crippen molar-refractivity contribution in [3.63, 3.8) is 0 Å². The standard InChI is InChI=1S/C10H11ClO2/c1-7-2-3-8(4-9(7)11)10(12)5-13-6-10/h2-4,12H,5-6H2,1H3. The van der Waals surface area contributed by atoms with Crippen LogP contribution >= 0.6 is 11.6 Å². The number of aliphatic hydroxyl groups is 1. The van der Waals surface area contributed by atoms with Gasteiger partial charge in [-0.3, -0.25) is 0 Å². The number of ether oxygens (including phenoxy) is 1. The molecule has 1 N–H and O–H groups in total. The molecule has 0 spiro atoms. The fourth-order valence-corrected chi connectivity index (χ4v) is 1.52. The van der Waals surface area contributed by atoms with E-state index < -0.39 is 5.60 Å². The normalized spacial score (nSPS) is 19.6. The maximum atomic E-state index is 9.91. The van der Waals surface area contributed by atoms with Gasteiger partial charge in [0.2, 0.25) is 0 Å². The molecular formula is C10H11ClO2. The Labute approximate surface area is 82.1 Å². The molecule has 1 aromatic carbocycles. The van der Waals surface area contributed by atoms with Gasteiger partial charge in [0.05, 0.1) is 13.2 Å². The smallest absolute Gasteiger partial charge is 0.136 e. The minimum absolute atomic E-state index is 0.367. The van der Waals surface area contributed by atoms with Crippen LogP contribution in [0.25, 0.3) is 0 Å². The Balaban J connectivity index is 2.36. The molecule has 0 saturated carbocycles. The Morgan fingerprint density at radius 3 is 2.62 bits per heavy atom. The van der Waals surface area contributed by atoms with Gasteiger partial charge in [-0.05, 0) is 24.1 Å². The molecule has 0 aliphatic carbocycles. The van der Waals surface area contributed by atoms with Crippen LogP contribution in [0.1, 0.15) is 11.1 Å². The second-order valence-corrected chi connectivity index (χ2v) is 3.90. The van der Waals surface area contributed by atoms with Crippen molar-refractivity contribution in [2.75, 3.05) is 13.2 Å². The maximum Gasteiger partial charge on any atom is 0.136 e. The summed E-state index contributed by atoms with van der Waals surface area (Å²) >= 11 is 5.95. The summed E-state index contributed by atoms with van der Waals surface area (Å²) in [6, 6.07) is 5.61. The second kappa shape index (κ2) is 2.98. The zero-order chi connectivity index (χ0) is 9.47. The van der Waals surface area contributed by atoms with E-state index in [0.29, 0.717) is 18.2 Å². The lowest BCUT2D eigenvalue weighted by Gasteiger charge is -2.36. The maximum absolute atomic E-state index is 9.91. The van der Waals surface area contributed by atoms with Crippen molar-refractivity contribution >= 4 is 11.6 Å². The molecule has 0 unspecified atom stereocenters. The molecule has 0 aromatic heterocycles. The van der Waals surface area contributed by atoms with Crippen LogP contribution in [0.5, 0.6) is 0 Å². The van der Waals surface area contributed by atoms with Gasteiger partial charge in [-0.2, -0.15) is 0 Å². The third kappa shape index (κ3) is 1.46. The van der Waals surface area contributed by atoms with Gasteiger partial charge in [0.15, 0.2) is 0 Å². The number of aryl methyl sites for hydroxylation is 1. The summed E-state index contributed by atoms with van der Waals surface area (Å²) in [5.41, 5.74) is 1.06. The molecule has 0 amide bonds. The molecule has 0 bridgehead atoms. The largest absolute Gasteiger partial charge is 0.380 e. The summed E-state index contributed by atoms with van der Waals surface area (Å²) in [5.74, 6) is 0. The van der Waals surface area contributed by atoms with Crippen LogP contribution in [-0.2, 0) is 10.3 Å². The molecule has 1 fully saturated rings. The van der Waals surface area contributed by atoms with Crippen LogP contribution < -0.4 is 0 Å². The molecule has 2 nitrogen and oxygen atoms in total. The predicted octanol–water partition coefficient (Wildman–Crippen LogP) is 1.87. The van der Waals surface area contributed by atoms with Crippen molar-refractivity contribution in [3.05, 3.63) is 34.3 Å². The highest BCUT2D eigenvalue weighted by atomic mass is 35.5. The lowest BCUT2D eigenvalue weighted by molar-refractivity contribution is -0.184. The highest BCUT2D eigenvalue weighted by molar-refractivity contribution is 6.31. The van der Waals surface area contributed by atoms with Crippen molar-refractivity contribution in [1.82, 2.24) is 0 Å². The van der Waals surface area contributed by atoms with E-state index in [-0.39, 0.29) is 0 Å². The third-order valence-electron chi connectivity index (χ3n) is 2.39. The van der Waals surface area contributed by atoms with Gasteiger partial charge in [-0.1, -0.05) is 23.7 Å². The first kappa shape index (κ1) is 9.00. The SMILES string of the molecule is Cc1ccc(C2(O)COC2)cc1Cl. The summed E-state index contributed by atoms with van der Waals surface area (Å²) in [7, 11) is 0. The summed E-state index contributed by atoms with van der Waals surface area (Å²) in [6.45, 7) is 2.67. The highest BCUT2D eigenvalue weighted by Gasteiger charge is 2.37. The van der Waals surface area contributed by atoms with E-state index in [1.165, 1.54) is 0 Å². The molecule has 2 rings (SSSR count). The van der Waals surface area contributed by atoms with Gasteiger partial charge in [-0.15, -0.1) is 0 Å².